The summed E-state index contributed by atoms with van der Waals surface area (Å²) in [5, 5.41) is 3.68. The number of nitrogens with zero attached hydrogens (tertiary/aromatic N) is 1. The number of methoxy groups -OCH3 is 1. The summed E-state index contributed by atoms with van der Waals surface area (Å²) in [6, 6.07) is 1.41. The molecule has 16 heavy (non-hydrogen) atoms. The van der Waals surface area contributed by atoms with Crippen LogP contribution in [0.5, 0.6) is 0 Å². The Kier molecular flexibility index (Phi) is 7.01. The van der Waals surface area contributed by atoms with E-state index in [4.69, 9.17) is 4.74 Å². The fourth-order valence-electron chi connectivity index (χ4n) is 2.57. The first-order valence-corrected chi connectivity index (χ1v) is 6.78. The highest BCUT2D eigenvalue weighted by atomic mass is 16.5. The largest absolute Gasteiger partial charge is 0.383 e. The molecule has 1 heterocycles. The first-order valence-electron chi connectivity index (χ1n) is 6.78. The average Bonchev–Trinajstić information content (AvgIpc) is 2.30. The van der Waals surface area contributed by atoms with Gasteiger partial charge in [0.1, 0.15) is 0 Å². The van der Waals surface area contributed by atoms with Crippen molar-refractivity contribution in [1.29, 1.82) is 0 Å². The number of piperazine rings is 1. The number of rotatable bonds is 7. The van der Waals surface area contributed by atoms with Gasteiger partial charge in [0.15, 0.2) is 0 Å². The minimum Gasteiger partial charge on any atom is -0.383 e. The lowest BCUT2D eigenvalue weighted by Crippen LogP contribution is -2.56. The average molecular weight is 228 g/mol. The van der Waals surface area contributed by atoms with E-state index in [1.165, 1.54) is 32.2 Å². The summed E-state index contributed by atoms with van der Waals surface area (Å²) in [6.07, 6.45) is 5.14. The molecule has 96 valence electrons. The first-order chi connectivity index (χ1) is 7.81. The molecule has 1 rings (SSSR count). The molecule has 0 aromatic rings. The summed E-state index contributed by atoms with van der Waals surface area (Å²) >= 11 is 0. The van der Waals surface area contributed by atoms with Gasteiger partial charge in [-0.05, 0) is 12.8 Å². The van der Waals surface area contributed by atoms with Gasteiger partial charge in [0, 0.05) is 38.8 Å². The molecule has 1 aliphatic rings. The van der Waals surface area contributed by atoms with Gasteiger partial charge in [-0.3, -0.25) is 4.90 Å². The Bertz CT molecular complexity index is 175. The summed E-state index contributed by atoms with van der Waals surface area (Å²) < 4.78 is 5.20. The maximum atomic E-state index is 5.20. The van der Waals surface area contributed by atoms with Crippen molar-refractivity contribution in [3.63, 3.8) is 0 Å². The van der Waals surface area contributed by atoms with Crippen LogP contribution in [0.3, 0.4) is 0 Å². The second kappa shape index (κ2) is 8.04. The van der Waals surface area contributed by atoms with Crippen LogP contribution in [0.4, 0.5) is 0 Å². The van der Waals surface area contributed by atoms with Gasteiger partial charge in [0.25, 0.3) is 0 Å². The van der Waals surface area contributed by atoms with Crippen molar-refractivity contribution >= 4 is 0 Å². The molecule has 0 bridgehead atoms. The van der Waals surface area contributed by atoms with Crippen LogP contribution in [0.2, 0.25) is 0 Å². The Hall–Kier alpha value is -0.120. The van der Waals surface area contributed by atoms with Gasteiger partial charge in [0.2, 0.25) is 0 Å². The second-order valence-corrected chi connectivity index (χ2v) is 4.82. The maximum Gasteiger partial charge on any atom is 0.0589 e. The Morgan fingerprint density at radius 1 is 1.25 bits per heavy atom. The van der Waals surface area contributed by atoms with Crippen molar-refractivity contribution in [2.24, 2.45) is 0 Å². The van der Waals surface area contributed by atoms with Crippen LogP contribution in [-0.4, -0.2) is 50.3 Å². The minimum atomic E-state index is 0.690. The van der Waals surface area contributed by atoms with E-state index in [-0.39, 0.29) is 0 Å². The number of hydrogen-bond donors (Lipinski definition) is 1. The van der Waals surface area contributed by atoms with E-state index in [1.54, 1.807) is 7.11 Å². The maximum absolute atomic E-state index is 5.20. The van der Waals surface area contributed by atoms with Crippen molar-refractivity contribution in [3.05, 3.63) is 0 Å². The lowest BCUT2D eigenvalue weighted by atomic mass is 10.0. The molecule has 0 radical (unpaired) electrons. The highest BCUT2D eigenvalue weighted by Gasteiger charge is 2.26. The second-order valence-electron chi connectivity index (χ2n) is 4.82. The Morgan fingerprint density at radius 3 is 2.62 bits per heavy atom. The zero-order valence-electron chi connectivity index (χ0n) is 11.2. The van der Waals surface area contributed by atoms with E-state index < -0.39 is 0 Å². The fourth-order valence-corrected chi connectivity index (χ4v) is 2.57. The third kappa shape index (κ3) is 4.40. The summed E-state index contributed by atoms with van der Waals surface area (Å²) in [5.74, 6) is 0. The molecular weight excluding hydrogens is 200 g/mol. The highest BCUT2D eigenvalue weighted by molar-refractivity contribution is 4.85. The topological polar surface area (TPSA) is 24.5 Å². The molecule has 1 aliphatic heterocycles. The van der Waals surface area contributed by atoms with Crippen molar-refractivity contribution in [3.8, 4) is 0 Å². The molecule has 3 heteroatoms. The summed E-state index contributed by atoms with van der Waals surface area (Å²) in [4.78, 5) is 2.61. The van der Waals surface area contributed by atoms with E-state index in [1.807, 2.05) is 0 Å². The van der Waals surface area contributed by atoms with Gasteiger partial charge in [0.05, 0.1) is 6.61 Å². The third-order valence-electron chi connectivity index (χ3n) is 3.46. The molecule has 1 saturated heterocycles. The number of nitrogens with one attached hydrogen (secondary N) is 1. The van der Waals surface area contributed by atoms with E-state index in [9.17, 15) is 0 Å². The predicted octanol–water partition coefficient (Wildman–Crippen LogP) is 1.88. The van der Waals surface area contributed by atoms with Crippen LogP contribution in [0.25, 0.3) is 0 Å². The van der Waals surface area contributed by atoms with Crippen LogP contribution in [0.15, 0.2) is 0 Å². The van der Waals surface area contributed by atoms with Crippen LogP contribution >= 0.6 is 0 Å². The minimum absolute atomic E-state index is 0.690. The van der Waals surface area contributed by atoms with Gasteiger partial charge in [-0.2, -0.15) is 0 Å². The molecule has 2 atom stereocenters. The molecule has 0 saturated carbocycles. The Balaban J connectivity index is 2.40. The molecule has 0 amide bonds. The Morgan fingerprint density at radius 2 is 2.00 bits per heavy atom. The zero-order valence-corrected chi connectivity index (χ0v) is 11.2. The molecule has 0 aromatic heterocycles. The molecule has 1 N–H and O–H groups in total. The molecule has 3 nitrogen and oxygen atoms in total. The normalized spacial score (nSPS) is 27.2. The molecule has 0 spiro atoms. The molecule has 0 aromatic carbocycles. The lowest BCUT2D eigenvalue weighted by molar-refractivity contribution is 0.0803. The zero-order chi connectivity index (χ0) is 11.8. The lowest BCUT2D eigenvalue weighted by Gasteiger charge is -2.40. The van der Waals surface area contributed by atoms with E-state index in [0.717, 1.165) is 19.7 Å². The third-order valence-corrected chi connectivity index (χ3v) is 3.46. The summed E-state index contributed by atoms with van der Waals surface area (Å²) in [5.41, 5.74) is 0. The number of ether oxygens (including phenoxy) is 1. The number of hydrogen-bond acceptors (Lipinski definition) is 3. The monoisotopic (exact) mass is 228 g/mol. The van der Waals surface area contributed by atoms with E-state index in [0.29, 0.717) is 12.1 Å². The quantitative estimate of drug-likeness (QED) is 0.720. The Labute approximate surface area is 101 Å². The van der Waals surface area contributed by atoms with Crippen LogP contribution in [0.1, 0.15) is 39.5 Å². The van der Waals surface area contributed by atoms with Gasteiger partial charge in [-0.1, -0.05) is 26.7 Å². The predicted molar refractivity (Wildman–Crippen MR) is 68.8 cm³/mol. The molecule has 0 aliphatic carbocycles. The van der Waals surface area contributed by atoms with E-state index >= 15 is 0 Å². The summed E-state index contributed by atoms with van der Waals surface area (Å²) in [6.45, 7) is 8.83. The van der Waals surface area contributed by atoms with Crippen LogP contribution in [0, 0.1) is 0 Å². The van der Waals surface area contributed by atoms with Crippen molar-refractivity contribution < 1.29 is 4.74 Å². The van der Waals surface area contributed by atoms with Gasteiger partial charge in [-0.25, -0.2) is 0 Å². The standard InChI is InChI=1S/C13H28N2O/c1-4-6-12-11-15(8-9-16-3)13(7-5-2)10-14-12/h12-14H,4-11H2,1-3H3. The fraction of sp³-hybridized carbons (Fsp3) is 1.00. The van der Waals surface area contributed by atoms with Crippen molar-refractivity contribution in [2.75, 3.05) is 33.4 Å². The molecule has 1 fully saturated rings. The van der Waals surface area contributed by atoms with Crippen LogP contribution in [-0.2, 0) is 4.74 Å². The van der Waals surface area contributed by atoms with Gasteiger partial charge in [-0.15, -0.1) is 0 Å². The highest BCUT2D eigenvalue weighted by Crippen LogP contribution is 2.14. The van der Waals surface area contributed by atoms with Gasteiger partial charge < -0.3 is 10.1 Å². The molecule has 2 unspecified atom stereocenters. The molecular formula is C13H28N2O. The van der Waals surface area contributed by atoms with Crippen molar-refractivity contribution in [1.82, 2.24) is 10.2 Å². The van der Waals surface area contributed by atoms with E-state index in [2.05, 4.69) is 24.1 Å². The van der Waals surface area contributed by atoms with Crippen molar-refractivity contribution in [2.45, 2.75) is 51.6 Å². The van der Waals surface area contributed by atoms with Gasteiger partial charge >= 0.3 is 0 Å². The SMILES string of the molecule is CCCC1CN(CCOC)C(CCC)CN1. The van der Waals surface area contributed by atoms with Crippen LogP contribution < -0.4 is 5.32 Å². The smallest absolute Gasteiger partial charge is 0.0589 e. The summed E-state index contributed by atoms with van der Waals surface area (Å²) in [7, 11) is 1.79. The first kappa shape index (κ1) is 13.9.